The van der Waals surface area contributed by atoms with Gasteiger partial charge in [-0.15, -0.1) is 0 Å². The molecule has 0 saturated heterocycles. The first-order chi connectivity index (χ1) is 8.65. The Bertz CT molecular complexity index is 501. The van der Waals surface area contributed by atoms with Crippen LogP contribution < -0.4 is 0 Å². The largest absolute Gasteiger partial charge is 0.385 e. The molecule has 0 spiro atoms. The number of halogens is 2. The van der Waals surface area contributed by atoms with E-state index in [0.29, 0.717) is 18.7 Å². The van der Waals surface area contributed by atoms with E-state index >= 15 is 0 Å². The van der Waals surface area contributed by atoms with Crippen LogP contribution in [0.2, 0.25) is 0 Å². The molecule has 0 unspecified atom stereocenters. The number of ether oxygens (including phenoxy) is 1. The maximum atomic E-state index is 9.11. The average molecular weight is 377 g/mol. The molecule has 0 radical (unpaired) electrons. The van der Waals surface area contributed by atoms with Gasteiger partial charge in [0.2, 0.25) is 0 Å². The summed E-state index contributed by atoms with van der Waals surface area (Å²) < 4.78 is 8.39. The molecule has 1 aromatic rings. The van der Waals surface area contributed by atoms with Gasteiger partial charge in [0.25, 0.3) is 0 Å². The average Bonchev–Trinajstić information content (AvgIpc) is 2.66. The van der Waals surface area contributed by atoms with E-state index in [2.05, 4.69) is 48.0 Å². The number of methoxy groups -OCH3 is 1. The first-order valence-corrected chi connectivity index (χ1v) is 6.70. The molecule has 8 heteroatoms. The minimum absolute atomic E-state index is 0.115. The summed E-state index contributed by atoms with van der Waals surface area (Å²) in [4.78, 5) is 2.76. The van der Waals surface area contributed by atoms with Crippen LogP contribution in [0.5, 0.6) is 0 Å². The fourth-order valence-electron chi connectivity index (χ4n) is 1.60. The van der Waals surface area contributed by atoms with Crippen molar-refractivity contribution in [2.75, 3.05) is 20.3 Å². The molecule has 96 valence electrons. The number of hydrogen-bond donors (Lipinski definition) is 0. The van der Waals surface area contributed by atoms with Crippen molar-refractivity contribution < 1.29 is 4.74 Å². The Hall–Kier alpha value is -1.00. The van der Waals surface area contributed by atoms with Gasteiger partial charge < -0.3 is 9.30 Å². The molecule has 0 aliphatic heterocycles. The molecule has 6 nitrogen and oxygen atoms in total. The number of azide groups is 1. The van der Waals surface area contributed by atoms with Crippen LogP contribution in [0.3, 0.4) is 0 Å². The van der Waals surface area contributed by atoms with E-state index < -0.39 is 0 Å². The van der Waals surface area contributed by atoms with Crippen molar-refractivity contribution in [2.24, 2.45) is 5.11 Å². The van der Waals surface area contributed by atoms with Crippen LogP contribution in [0, 0.1) is 11.3 Å². The van der Waals surface area contributed by atoms with E-state index in [9.17, 15) is 0 Å². The van der Waals surface area contributed by atoms with Gasteiger partial charge in [-0.2, -0.15) is 5.26 Å². The summed E-state index contributed by atoms with van der Waals surface area (Å²) in [7, 11) is 1.61. The Morgan fingerprint density at radius 3 is 2.94 bits per heavy atom. The van der Waals surface area contributed by atoms with Crippen LogP contribution in [0.25, 0.3) is 10.4 Å². The van der Waals surface area contributed by atoms with Crippen LogP contribution in [-0.4, -0.2) is 24.8 Å². The molecule has 0 amide bonds. The summed E-state index contributed by atoms with van der Waals surface area (Å²) in [6.07, 6.45) is 0.657. The lowest BCUT2D eigenvalue weighted by Gasteiger charge is -2.19. The second-order valence-electron chi connectivity index (χ2n) is 3.50. The Kier molecular flexibility index (Phi) is 6.22. The minimum Gasteiger partial charge on any atom is -0.385 e. The van der Waals surface area contributed by atoms with Gasteiger partial charge in [-0.05, 0) is 49.9 Å². The van der Waals surface area contributed by atoms with Crippen molar-refractivity contribution in [3.8, 4) is 6.07 Å². The molecule has 0 aliphatic rings. The predicted octanol–water partition coefficient (Wildman–Crippen LogP) is 3.77. The molecule has 18 heavy (non-hydrogen) atoms. The minimum atomic E-state index is -0.115. The molecule has 0 fully saturated rings. The maximum Gasteiger partial charge on any atom is 0.122 e. The monoisotopic (exact) mass is 375 g/mol. The summed E-state index contributed by atoms with van der Waals surface area (Å²) in [5.41, 5.74) is 8.92. The molecule has 1 aromatic heterocycles. The first kappa shape index (κ1) is 15.1. The van der Waals surface area contributed by atoms with Gasteiger partial charge in [0.15, 0.2) is 0 Å². The predicted molar refractivity (Wildman–Crippen MR) is 74.1 cm³/mol. The fourth-order valence-corrected chi connectivity index (χ4v) is 2.60. The fraction of sp³-hybridized carbons (Fsp3) is 0.500. The van der Waals surface area contributed by atoms with Gasteiger partial charge in [-0.1, -0.05) is 5.11 Å². The molecule has 1 heterocycles. The SMILES string of the molecule is COCC[C@@H](CN=[N+]=[N-])n1c(C#N)cc(Br)c1Br. The third-order valence-corrected chi connectivity index (χ3v) is 4.37. The lowest BCUT2D eigenvalue weighted by molar-refractivity contribution is 0.178. The van der Waals surface area contributed by atoms with Gasteiger partial charge >= 0.3 is 0 Å². The highest BCUT2D eigenvalue weighted by Crippen LogP contribution is 2.31. The van der Waals surface area contributed by atoms with E-state index in [4.69, 9.17) is 15.5 Å². The summed E-state index contributed by atoms with van der Waals surface area (Å²) in [6, 6.07) is 3.73. The van der Waals surface area contributed by atoms with Gasteiger partial charge in [-0.3, -0.25) is 0 Å². The van der Waals surface area contributed by atoms with Gasteiger partial charge in [0.1, 0.15) is 16.4 Å². The van der Waals surface area contributed by atoms with Crippen molar-refractivity contribution in [2.45, 2.75) is 12.5 Å². The van der Waals surface area contributed by atoms with Crippen molar-refractivity contribution in [1.82, 2.24) is 4.57 Å². The Balaban J connectivity index is 3.10. The van der Waals surface area contributed by atoms with Crippen LogP contribution in [0.15, 0.2) is 20.3 Å². The summed E-state index contributed by atoms with van der Waals surface area (Å²) in [5.74, 6) is 0. The third kappa shape index (κ3) is 3.50. The zero-order chi connectivity index (χ0) is 13.5. The number of nitriles is 1. The highest BCUT2D eigenvalue weighted by atomic mass is 79.9. The van der Waals surface area contributed by atoms with E-state index in [1.807, 2.05) is 0 Å². The van der Waals surface area contributed by atoms with E-state index in [-0.39, 0.29) is 12.6 Å². The van der Waals surface area contributed by atoms with Gasteiger partial charge in [-0.25, -0.2) is 0 Å². The number of aromatic nitrogens is 1. The van der Waals surface area contributed by atoms with Crippen molar-refractivity contribution in [3.63, 3.8) is 0 Å². The van der Waals surface area contributed by atoms with Crippen LogP contribution >= 0.6 is 31.9 Å². The molecule has 0 saturated carbocycles. The Morgan fingerprint density at radius 1 is 1.67 bits per heavy atom. The number of nitrogens with zero attached hydrogens (tertiary/aromatic N) is 5. The molecule has 1 rings (SSSR count). The van der Waals surface area contributed by atoms with Crippen molar-refractivity contribution in [1.29, 1.82) is 5.26 Å². The third-order valence-electron chi connectivity index (χ3n) is 2.42. The topological polar surface area (TPSA) is 86.7 Å². The van der Waals surface area contributed by atoms with E-state index in [1.54, 1.807) is 17.7 Å². The standard InChI is InChI=1S/C10H11Br2N5O/c1-18-3-2-7(6-15-16-14)17-8(5-13)4-9(11)10(17)12/h4,7H,2-3,6H2,1H3/t7-/m0/s1. The molecule has 1 atom stereocenters. The maximum absolute atomic E-state index is 9.11. The molecule has 0 aliphatic carbocycles. The summed E-state index contributed by atoms with van der Waals surface area (Å²) in [5, 5.41) is 12.7. The highest BCUT2D eigenvalue weighted by molar-refractivity contribution is 9.13. The van der Waals surface area contributed by atoms with Crippen LogP contribution in [0.4, 0.5) is 0 Å². The van der Waals surface area contributed by atoms with Crippen molar-refractivity contribution in [3.05, 3.63) is 31.3 Å². The number of rotatable bonds is 6. The molecule has 0 bridgehead atoms. The van der Waals surface area contributed by atoms with Crippen LogP contribution in [0.1, 0.15) is 18.2 Å². The summed E-state index contributed by atoms with van der Waals surface area (Å²) >= 11 is 6.77. The molecule has 0 aromatic carbocycles. The second kappa shape index (κ2) is 7.44. The van der Waals surface area contributed by atoms with Gasteiger partial charge in [0, 0.05) is 31.2 Å². The zero-order valence-electron chi connectivity index (χ0n) is 9.68. The molecular formula is C10H11Br2N5O. The Morgan fingerprint density at radius 2 is 2.39 bits per heavy atom. The van der Waals surface area contributed by atoms with E-state index in [0.717, 1.165) is 9.08 Å². The van der Waals surface area contributed by atoms with E-state index in [1.165, 1.54) is 0 Å². The Labute approximate surface area is 121 Å². The van der Waals surface area contributed by atoms with Crippen molar-refractivity contribution >= 4 is 31.9 Å². The smallest absolute Gasteiger partial charge is 0.122 e. The lowest BCUT2D eigenvalue weighted by atomic mass is 10.2. The second-order valence-corrected chi connectivity index (χ2v) is 5.10. The zero-order valence-corrected chi connectivity index (χ0v) is 12.8. The quantitative estimate of drug-likeness (QED) is 0.429. The lowest BCUT2D eigenvalue weighted by Crippen LogP contribution is -2.16. The number of hydrogen-bond acceptors (Lipinski definition) is 3. The highest BCUT2D eigenvalue weighted by Gasteiger charge is 2.19. The summed E-state index contributed by atoms with van der Waals surface area (Å²) in [6.45, 7) is 0.799. The first-order valence-electron chi connectivity index (χ1n) is 5.11. The van der Waals surface area contributed by atoms with Crippen LogP contribution in [-0.2, 0) is 4.74 Å². The van der Waals surface area contributed by atoms with Gasteiger partial charge in [0.05, 0.1) is 4.47 Å². The normalized spacial score (nSPS) is 11.7. The molecular weight excluding hydrogens is 366 g/mol. The molecule has 0 N–H and O–H groups in total.